The number of thiazole rings is 2. The maximum Gasteiger partial charge on any atom is 0.184 e. The topological polar surface area (TPSA) is 37.8 Å². The van der Waals surface area contributed by atoms with Crippen molar-refractivity contribution in [3.05, 3.63) is 38.8 Å². The zero-order valence-electron chi connectivity index (χ0n) is 10.3. The van der Waals surface area contributed by atoms with Crippen LogP contribution >= 0.6 is 38.6 Å². The number of hydrogen-bond acceptors (Lipinski definition) is 5. The Morgan fingerprint density at radius 1 is 1.32 bits per heavy atom. The van der Waals surface area contributed by atoms with E-state index in [9.17, 15) is 0 Å². The molecule has 2 aromatic heterocycles. The van der Waals surface area contributed by atoms with Crippen molar-refractivity contribution in [2.75, 3.05) is 5.32 Å². The Bertz CT molecular complexity index is 705. The zero-order chi connectivity index (χ0) is 13.2. The molecule has 0 aliphatic rings. The largest absolute Gasteiger partial charge is 0.355 e. The Labute approximate surface area is 127 Å². The van der Waals surface area contributed by atoms with Gasteiger partial charge in [0.25, 0.3) is 0 Å². The number of hydrogen-bond donors (Lipinski definition) is 1. The fourth-order valence-electron chi connectivity index (χ4n) is 1.72. The van der Waals surface area contributed by atoms with Crippen LogP contribution in [0.3, 0.4) is 0 Å². The summed E-state index contributed by atoms with van der Waals surface area (Å²) in [6, 6.07) is 6.14. The third-order valence-electron chi connectivity index (χ3n) is 2.69. The second-order valence-corrected chi connectivity index (χ2v) is 7.20. The molecule has 0 spiro atoms. The molecule has 98 valence electrons. The second-order valence-electron chi connectivity index (χ2n) is 4.06. The first-order valence-electron chi connectivity index (χ1n) is 5.98. The third kappa shape index (κ3) is 2.96. The van der Waals surface area contributed by atoms with Crippen LogP contribution in [0.5, 0.6) is 0 Å². The molecule has 1 N–H and O–H groups in total. The summed E-state index contributed by atoms with van der Waals surface area (Å²) in [6.45, 7) is 2.89. The quantitative estimate of drug-likeness (QED) is 0.739. The van der Waals surface area contributed by atoms with E-state index >= 15 is 0 Å². The van der Waals surface area contributed by atoms with Crippen LogP contribution in [-0.2, 0) is 13.0 Å². The molecule has 0 bridgehead atoms. The lowest BCUT2D eigenvalue weighted by molar-refractivity contribution is 1.09. The number of fused-ring (bicyclic) bond motifs is 1. The van der Waals surface area contributed by atoms with Gasteiger partial charge in [-0.2, -0.15) is 0 Å². The van der Waals surface area contributed by atoms with Crippen molar-refractivity contribution in [3.8, 4) is 0 Å². The van der Waals surface area contributed by atoms with E-state index in [4.69, 9.17) is 0 Å². The first kappa shape index (κ1) is 13.0. The Kier molecular flexibility index (Phi) is 3.81. The molecule has 0 amide bonds. The molecule has 0 aliphatic carbocycles. The van der Waals surface area contributed by atoms with Crippen molar-refractivity contribution in [2.45, 2.75) is 19.9 Å². The van der Waals surface area contributed by atoms with Crippen molar-refractivity contribution < 1.29 is 0 Å². The molecule has 0 saturated heterocycles. The van der Waals surface area contributed by atoms with Crippen molar-refractivity contribution >= 4 is 54.0 Å². The Balaban J connectivity index is 1.74. The van der Waals surface area contributed by atoms with E-state index in [0.717, 1.165) is 33.1 Å². The Hall–Kier alpha value is -0.980. The molecular weight excluding hydrogens is 342 g/mol. The number of halogens is 1. The van der Waals surface area contributed by atoms with Gasteiger partial charge in [-0.15, -0.1) is 11.3 Å². The Morgan fingerprint density at radius 3 is 3.00 bits per heavy atom. The van der Waals surface area contributed by atoms with Gasteiger partial charge in [0.05, 0.1) is 16.8 Å². The van der Waals surface area contributed by atoms with Gasteiger partial charge in [0.2, 0.25) is 0 Å². The van der Waals surface area contributed by atoms with Crippen molar-refractivity contribution in [3.63, 3.8) is 0 Å². The standard InChI is InChI=1S/C13H12BrN3S2/c1-2-9-6-15-12(18-9)7-16-13-17-10-4-3-8(14)5-11(10)19-13/h3-6H,2,7H2,1H3,(H,16,17). The first-order valence-corrected chi connectivity index (χ1v) is 8.40. The highest BCUT2D eigenvalue weighted by molar-refractivity contribution is 9.10. The highest BCUT2D eigenvalue weighted by Gasteiger charge is 2.05. The molecule has 6 heteroatoms. The normalized spacial score (nSPS) is 11.1. The average Bonchev–Trinajstić information content (AvgIpc) is 3.01. The van der Waals surface area contributed by atoms with Crippen LogP contribution in [0, 0.1) is 0 Å². The molecule has 0 radical (unpaired) electrons. The predicted octanol–water partition coefficient (Wildman–Crippen LogP) is 4.69. The van der Waals surface area contributed by atoms with Gasteiger partial charge in [0.15, 0.2) is 5.13 Å². The van der Waals surface area contributed by atoms with Gasteiger partial charge < -0.3 is 5.32 Å². The smallest absolute Gasteiger partial charge is 0.184 e. The van der Waals surface area contributed by atoms with E-state index in [-0.39, 0.29) is 0 Å². The maximum absolute atomic E-state index is 4.56. The van der Waals surface area contributed by atoms with E-state index in [2.05, 4.69) is 44.2 Å². The molecule has 3 nitrogen and oxygen atoms in total. The number of anilines is 1. The molecule has 1 aromatic carbocycles. The van der Waals surface area contributed by atoms with Crippen LogP contribution in [0.2, 0.25) is 0 Å². The lowest BCUT2D eigenvalue weighted by Gasteiger charge is -1.97. The van der Waals surface area contributed by atoms with Crippen LogP contribution in [0.15, 0.2) is 28.9 Å². The van der Waals surface area contributed by atoms with Gasteiger partial charge in [0, 0.05) is 15.5 Å². The number of rotatable bonds is 4. The molecule has 0 aliphatic heterocycles. The van der Waals surface area contributed by atoms with Gasteiger partial charge in [-0.3, -0.25) is 0 Å². The number of benzene rings is 1. The van der Waals surface area contributed by atoms with Crippen LogP contribution in [-0.4, -0.2) is 9.97 Å². The predicted molar refractivity (Wildman–Crippen MR) is 86.1 cm³/mol. The SMILES string of the molecule is CCc1cnc(CNc2nc3ccc(Br)cc3s2)s1. The molecule has 19 heavy (non-hydrogen) atoms. The Morgan fingerprint density at radius 2 is 2.21 bits per heavy atom. The molecule has 2 heterocycles. The van der Waals surface area contributed by atoms with Gasteiger partial charge in [0.1, 0.15) is 5.01 Å². The average molecular weight is 354 g/mol. The summed E-state index contributed by atoms with van der Waals surface area (Å²) in [6.07, 6.45) is 3.00. The van der Waals surface area contributed by atoms with Crippen LogP contribution < -0.4 is 5.32 Å². The third-order valence-corrected chi connectivity index (χ3v) is 5.30. The van der Waals surface area contributed by atoms with E-state index in [0.29, 0.717) is 0 Å². The highest BCUT2D eigenvalue weighted by Crippen LogP contribution is 2.28. The lowest BCUT2D eigenvalue weighted by atomic mass is 10.3. The lowest BCUT2D eigenvalue weighted by Crippen LogP contribution is -1.97. The molecule has 0 atom stereocenters. The number of aromatic nitrogens is 2. The summed E-state index contributed by atoms with van der Waals surface area (Å²) in [5.74, 6) is 0. The van der Waals surface area contributed by atoms with E-state index in [1.54, 1.807) is 22.7 Å². The summed E-state index contributed by atoms with van der Waals surface area (Å²) in [7, 11) is 0. The van der Waals surface area contributed by atoms with Gasteiger partial charge in [-0.25, -0.2) is 9.97 Å². The van der Waals surface area contributed by atoms with Gasteiger partial charge in [-0.05, 0) is 24.6 Å². The van der Waals surface area contributed by atoms with Crippen molar-refractivity contribution in [2.24, 2.45) is 0 Å². The van der Waals surface area contributed by atoms with E-state index in [1.807, 2.05) is 18.3 Å². The first-order chi connectivity index (χ1) is 9.24. The molecule has 0 saturated carbocycles. The molecule has 0 fully saturated rings. The molecule has 3 rings (SSSR count). The number of nitrogens with zero attached hydrogens (tertiary/aromatic N) is 2. The summed E-state index contributed by atoms with van der Waals surface area (Å²) in [5.41, 5.74) is 1.03. The minimum absolute atomic E-state index is 0.742. The fraction of sp³-hybridized carbons (Fsp3) is 0.231. The van der Waals surface area contributed by atoms with Crippen LogP contribution in [0.25, 0.3) is 10.2 Å². The van der Waals surface area contributed by atoms with Crippen LogP contribution in [0.1, 0.15) is 16.8 Å². The van der Waals surface area contributed by atoms with E-state index in [1.165, 1.54) is 9.58 Å². The molecule has 3 aromatic rings. The summed E-state index contributed by atoms with van der Waals surface area (Å²) in [4.78, 5) is 10.3. The minimum atomic E-state index is 0.742. The zero-order valence-corrected chi connectivity index (χ0v) is 13.5. The van der Waals surface area contributed by atoms with Crippen molar-refractivity contribution in [1.82, 2.24) is 9.97 Å². The highest BCUT2D eigenvalue weighted by atomic mass is 79.9. The summed E-state index contributed by atoms with van der Waals surface area (Å²) in [5, 5.41) is 5.40. The minimum Gasteiger partial charge on any atom is -0.355 e. The molecular formula is C13H12BrN3S2. The summed E-state index contributed by atoms with van der Waals surface area (Å²) < 4.78 is 2.27. The number of nitrogens with one attached hydrogen (secondary N) is 1. The molecule has 0 unspecified atom stereocenters. The van der Waals surface area contributed by atoms with Gasteiger partial charge in [-0.1, -0.05) is 34.2 Å². The fourth-order valence-corrected chi connectivity index (χ4v) is 3.93. The maximum atomic E-state index is 4.56. The van der Waals surface area contributed by atoms with Crippen LogP contribution in [0.4, 0.5) is 5.13 Å². The monoisotopic (exact) mass is 353 g/mol. The van der Waals surface area contributed by atoms with Gasteiger partial charge >= 0.3 is 0 Å². The van der Waals surface area contributed by atoms with E-state index < -0.39 is 0 Å². The number of aryl methyl sites for hydroxylation is 1. The second kappa shape index (κ2) is 5.56. The summed E-state index contributed by atoms with van der Waals surface area (Å²) >= 11 is 6.90. The van der Waals surface area contributed by atoms with Crippen molar-refractivity contribution in [1.29, 1.82) is 0 Å².